The lowest BCUT2D eigenvalue weighted by molar-refractivity contribution is 0.295. The van der Waals surface area contributed by atoms with Crippen LogP contribution in [0, 0.1) is 0 Å². The summed E-state index contributed by atoms with van der Waals surface area (Å²) in [6.45, 7) is 33.0. The van der Waals surface area contributed by atoms with Crippen LogP contribution < -0.4 is 38.2 Å². The van der Waals surface area contributed by atoms with E-state index in [0.717, 1.165) is 105 Å². The minimum atomic E-state index is -0.0323. The van der Waals surface area contributed by atoms with Gasteiger partial charge in [0.05, 0.1) is 41.7 Å². The summed E-state index contributed by atoms with van der Waals surface area (Å²) in [6.07, 6.45) is 42.1. The number of hydrogen-bond donors (Lipinski definition) is 0. The number of anilines is 2. The Labute approximate surface area is 548 Å². The normalized spacial score (nSPS) is 12.5. The molecule has 0 heterocycles. The number of rotatable bonds is 38. The van der Waals surface area contributed by atoms with Crippen LogP contribution in [0.4, 0.5) is 11.4 Å². The summed E-state index contributed by atoms with van der Waals surface area (Å²) >= 11 is 0. The Morgan fingerprint density at radius 1 is 0.278 bits per heavy atom. The topological polar surface area (TPSA) is 61.9 Å². The highest BCUT2D eigenvalue weighted by Gasteiger charge is 2.33. The van der Waals surface area contributed by atoms with Gasteiger partial charge in [0.2, 0.25) is 0 Å². The Morgan fingerprint density at radius 2 is 0.489 bits per heavy atom. The zero-order valence-electron chi connectivity index (χ0n) is 59.6. The molecule has 0 atom stereocenters. The highest BCUT2D eigenvalue weighted by molar-refractivity contribution is 5.84. The van der Waals surface area contributed by atoms with Crippen LogP contribution in [0.2, 0.25) is 0 Å². The van der Waals surface area contributed by atoms with Crippen LogP contribution in [0.25, 0.3) is 48.6 Å². The standard InChI is InChI=1S/C82H120N2O6/c1-19-21-23-25-27-29-31-33-35-37-55-89-77-61-70(50-48-68-60-74(86-16)66(58-76(68)88-18)46-40-64-43-53-72(54-44-64)84(81(9,10)11)82(12,13)14)78(90-56-38-36-34-32-30-28-26-24-22-20-2)62-69(77)49-47-67-59-73(85-15)65(57-75(67)87-17)45-39-63-41-51-71(52-42-63)83(79(3,4)5)80(6,7)8/h39-54,57-62H,19-38,55-56H2,1-18H3/b45-39+,46-40+,49-47+,50-48+. The summed E-state index contributed by atoms with van der Waals surface area (Å²) in [5, 5.41) is 0. The summed E-state index contributed by atoms with van der Waals surface area (Å²) in [4.78, 5) is 4.95. The van der Waals surface area contributed by atoms with Gasteiger partial charge >= 0.3 is 0 Å². The number of ether oxygens (including phenoxy) is 6. The minimum absolute atomic E-state index is 0.0323. The molecule has 0 spiro atoms. The van der Waals surface area contributed by atoms with Crippen LogP contribution in [-0.2, 0) is 0 Å². The quantitative estimate of drug-likeness (QED) is 0.0286. The Morgan fingerprint density at radius 3 is 0.722 bits per heavy atom. The number of methoxy groups -OCH3 is 4. The van der Waals surface area contributed by atoms with Crippen LogP contribution in [0.3, 0.4) is 0 Å². The predicted octanol–water partition coefficient (Wildman–Crippen LogP) is 23.8. The van der Waals surface area contributed by atoms with Crippen molar-refractivity contribution in [2.45, 2.75) is 248 Å². The SMILES string of the molecule is CCCCCCCCCCCCOc1cc(/C=C/c2cc(OC)c(/C=C/c3ccc(N(C(C)(C)C)C(C)(C)C)cc3)cc2OC)c(OCCCCCCCCCCCC)cc1/C=C/c1cc(OC)c(/C=C/c2ccc(N(C(C)(C)C)C(C)(C)C)cc2)cc1OC. The first-order chi connectivity index (χ1) is 42.9. The number of unbranched alkanes of at least 4 members (excludes halogenated alkanes) is 18. The molecule has 0 fully saturated rings. The summed E-state index contributed by atoms with van der Waals surface area (Å²) < 4.78 is 38.1. The van der Waals surface area contributed by atoms with Gasteiger partial charge in [-0.05, 0) is 168 Å². The van der Waals surface area contributed by atoms with Crippen molar-refractivity contribution in [3.05, 3.63) is 129 Å². The minimum Gasteiger partial charge on any atom is -0.496 e. The van der Waals surface area contributed by atoms with E-state index >= 15 is 0 Å². The van der Waals surface area contributed by atoms with E-state index in [0.29, 0.717) is 13.2 Å². The zero-order chi connectivity index (χ0) is 65.7. The fourth-order valence-electron chi connectivity index (χ4n) is 12.8. The third-order valence-corrected chi connectivity index (χ3v) is 16.6. The number of benzene rings is 5. The van der Waals surface area contributed by atoms with Gasteiger partial charge in [-0.15, -0.1) is 0 Å². The van der Waals surface area contributed by atoms with Crippen LogP contribution in [0.1, 0.15) is 270 Å². The molecule has 0 radical (unpaired) electrons. The highest BCUT2D eigenvalue weighted by Crippen LogP contribution is 2.39. The molecule has 5 aromatic rings. The van der Waals surface area contributed by atoms with Crippen molar-refractivity contribution >= 4 is 60.0 Å². The summed E-state index contributed by atoms with van der Waals surface area (Å²) in [5.74, 6) is 4.56. The average molecular weight is 1230 g/mol. The van der Waals surface area contributed by atoms with E-state index in [2.05, 4.69) is 240 Å². The molecule has 0 aliphatic heterocycles. The molecule has 0 unspecified atom stereocenters. The second kappa shape index (κ2) is 37.1. The summed E-state index contributed by atoms with van der Waals surface area (Å²) in [6, 6.07) is 30.1. The van der Waals surface area contributed by atoms with Crippen LogP contribution >= 0.6 is 0 Å². The van der Waals surface area contributed by atoms with Crippen LogP contribution in [0.5, 0.6) is 34.5 Å². The molecule has 0 saturated heterocycles. The predicted molar refractivity (Wildman–Crippen MR) is 393 cm³/mol. The lowest BCUT2D eigenvalue weighted by atomic mass is 9.94. The monoisotopic (exact) mass is 1230 g/mol. The second-order valence-electron chi connectivity index (χ2n) is 28.5. The first kappa shape index (κ1) is 74.2. The van der Waals surface area contributed by atoms with Crippen LogP contribution in [0.15, 0.2) is 84.9 Å². The molecule has 0 bridgehead atoms. The lowest BCUT2D eigenvalue weighted by Crippen LogP contribution is -2.53. The molecule has 0 aliphatic carbocycles. The maximum Gasteiger partial charge on any atom is 0.127 e. The fraction of sp³-hybridized carbons (Fsp3) is 0.537. The Hall–Kier alpha value is -6.54. The fourth-order valence-corrected chi connectivity index (χ4v) is 12.8. The Bertz CT molecular complexity index is 2780. The van der Waals surface area contributed by atoms with Crippen molar-refractivity contribution < 1.29 is 28.4 Å². The molecular formula is C82H120N2O6. The maximum absolute atomic E-state index is 6.85. The molecule has 8 nitrogen and oxygen atoms in total. The van der Waals surface area contributed by atoms with Gasteiger partial charge in [0, 0.05) is 66.9 Å². The Balaban J connectivity index is 1.51. The van der Waals surface area contributed by atoms with Gasteiger partial charge in [0.1, 0.15) is 34.5 Å². The largest absolute Gasteiger partial charge is 0.496 e. The van der Waals surface area contributed by atoms with Crippen molar-refractivity contribution in [3.8, 4) is 34.5 Å². The first-order valence-corrected chi connectivity index (χ1v) is 34.4. The van der Waals surface area contributed by atoms with E-state index in [1.54, 1.807) is 28.4 Å². The van der Waals surface area contributed by atoms with E-state index in [1.807, 2.05) is 0 Å². The zero-order valence-corrected chi connectivity index (χ0v) is 59.6. The van der Waals surface area contributed by atoms with E-state index < -0.39 is 0 Å². The van der Waals surface area contributed by atoms with Crippen molar-refractivity contribution in [2.75, 3.05) is 51.5 Å². The molecule has 5 aromatic carbocycles. The number of hydrogen-bond acceptors (Lipinski definition) is 8. The van der Waals surface area contributed by atoms with Gasteiger partial charge in [0.15, 0.2) is 0 Å². The number of nitrogens with zero attached hydrogens (tertiary/aromatic N) is 2. The molecule has 0 saturated carbocycles. The third kappa shape index (κ3) is 24.3. The van der Waals surface area contributed by atoms with Gasteiger partial charge in [-0.2, -0.15) is 0 Å². The molecule has 494 valence electrons. The summed E-state index contributed by atoms with van der Waals surface area (Å²) in [5.41, 5.74) is 9.94. The molecule has 0 amide bonds. The molecular weight excluding hydrogens is 1110 g/mol. The highest BCUT2D eigenvalue weighted by atomic mass is 16.5. The van der Waals surface area contributed by atoms with Gasteiger partial charge in [-0.1, -0.05) is 202 Å². The lowest BCUT2D eigenvalue weighted by Gasteiger charge is -2.47. The average Bonchev–Trinajstić information content (AvgIpc) is 1.11. The van der Waals surface area contributed by atoms with E-state index in [4.69, 9.17) is 28.4 Å². The van der Waals surface area contributed by atoms with Gasteiger partial charge < -0.3 is 38.2 Å². The molecule has 5 rings (SSSR count). The molecule has 0 aliphatic rings. The van der Waals surface area contributed by atoms with E-state index in [9.17, 15) is 0 Å². The van der Waals surface area contributed by atoms with Gasteiger partial charge in [-0.3, -0.25) is 0 Å². The van der Waals surface area contributed by atoms with Crippen molar-refractivity contribution in [3.63, 3.8) is 0 Å². The second-order valence-corrected chi connectivity index (χ2v) is 28.5. The van der Waals surface area contributed by atoms with Gasteiger partial charge in [-0.25, -0.2) is 0 Å². The maximum atomic E-state index is 6.85. The van der Waals surface area contributed by atoms with E-state index in [-0.39, 0.29) is 22.2 Å². The third-order valence-electron chi connectivity index (χ3n) is 16.6. The first-order valence-electron chi connectivity index (χ1n) is 34.4. The molecule has 0 aromatic heterocycles. The molecule has 8 heteroatoms. The smallest absolute Gasteiger partial charge is 0.127 e. The van der Waals surface area contributed by atoms with Crippen molar-refractivity contribution in [2.24, 2.45) is 0 Å². The molecule has 90 heavy (non-hydrogen) atoms. The Kier molecular flexibility index (Phi) is 30.6. The van der Waals surface area contributed by atoms with Crippen LogP contribution in [-0.4, -0.2) is 63.8 Å². The van der Waals surface area contributed by atoms with Gasteiger partial charge in [0.25, 0.3) is 0 Å². The molecule has 0 N–H and O–H groups in total. The van der Waals surface area contributed by atoms with Crippen molar-refractivity contribution in [1.29, 1.82) is 0 Å². The van der Waals surface area contributed by atoms with Crippen molar-refractivity contribution in [1.82, 2.24) is 0 Å². The summed E-state index contributed by atoms with van der Waals surface area (Å²) in [7, 11) is 6.91. The van der Waals surface area contributed by atoms with E-state index in [1.165, 1.54) is 114 Å².